The molecule has 15 heavy (non-hydrogen) atoms. The van der Waals surface area contributed by atoms with Crippen molar-refractivity contribution in [3.05, 3.63) is 30.3 Å². The molecule has 4 heteroatoms. The van der Waals surface area contributed by atoms with Gasteiger partial charge in [0, 0.05) is 0 Å². The van der Waals surface area contributed by atoms with E-state index >= 15 is 0 Å². The van der Waals surface area contributed by atoms with E-state index in [0.717, 1.165) is 27.6 Å². The van der Waals surface area contributed by atoms with Crippen LogP contribution in [-0.4, -0.2) is 30.0 Å². The van der Waals surface area contributed by atoms with Crippen LogP contribution in [-0.2, 0) is 0 Å². The summed E-state index contributed by atoms with van der Waals surface area (Å²) >= 11 is 0.0114. The summed E-state index contributed by atoms with van der Waals surface area (Å²) in [7, 11) is 1.69. The first-order chi connectivity index (χ1) is 7.40. The molecular weight excluding hydrogens is 255 g/mol. The maximum absolute atomic E-state index is 5.36. The van der Waals surface area contributed by atoms with Crippen LogP contribution in [0.4, 0.5) is 0 Å². The van der Waals surface area contributed by atoms with Gasteiger partial charge in [-0.2, -0.15) is 0 Å². The Morgan fingerprint density at radius 1 is 1.13 bits per heavy atom. The number of rotatable bonds is 1. The number of benzene rings is 2. The van der Waals surface area contributed by atoms with Crippen LogP contribution in [0.15, 0.2) is 30.3 Å². The van der Waals surface area contributed by atoms with Gasteiger partial charge in [-0.1, -0.05) is 0 Å². The third kappa shape index (κ3) is 1.26. The van der Waals surface area contributed by atoms with Crippen molar-refractivity contribution in [1.82, 2.24) is 7.96 Å². The number of aromatic nitrogens is 2. The first-order valence-corrected chi connectivity index (χ1v) is 6.11. The molecule has 0 fully saturated rings. The van der Waals surface area contributed by atoms with E-state index < -0.39 is 0 Å². The second-order valence-electron chi connectivity index (χ2n) is 3.26. The molecule has 0 aliphatic rings. The second-order valence-corrected chi connectivity index (χ2v) is 4.36. The van der Waals surface area contributed by atoms with Crippen molar-refractivity contribution in [1.29, 1.82) is 0 Å². The zero-order valence-electron chi connectivity index (χ0n) is 8.10. The average molecular weight is 263 g/mol. The fourth-order valence-corrected chi connectivity index (χ4v) is 2.90. The molecule has 0 atom stereocenters. The van der Waals surface area contributed by atoms with Gasteiger partial charge in [0.2, 0.25) is 0 Å². The van der Waals surface area contributed by atoms with E-state index in [9.17, 15) is 0 Å². The number of nitrogens with zero attached hydrogens (tertiary/aromatic N) is 2. The predicted octanol–water partition coefficient (Wildman–Crippen LogP) is 1.85. The van der Waals surface area contributed by atoms with Gasteiger partial charge in [-0.05, 0) is 0 Å². The topological polar surface area (TPSA) is 35.0 Å². The Bertz CT molecular complexity index is 633. The molecule has 74 valence electrons. The first-order valence-electron chi connectivity index (χ1n) is 4.58. The van der Waals surface area contributed by atoms with E-state index in [1.54, 1.807) is 7.11 Å². The summed E-state index contributed by atoms with van der Waals surface area (Å²) < 4.78 is 14.2. The molecule has 0 radical (unpaired) electrons. The molecule has 0 aliphatic heterocycles. The Labute approximate surface area is 92.9 Å². The zero-order valence-corrected chi connectivity index (χ0v) is 9.81. The minimum absolute atomic E-state index is 0.0114. The summed E-state index contributed by atoms with van der Waals surface area (Å²) in [5, 5.41) is 2.24. The molecule has 1 aromatic heterocycles. The number of fused-ring (bicyclic) bond motifs is 3. The Balaban J connectivity index is 2.58. The van der Waals surface area contributed by atoms with Crippen LogP contribution in [0, 0.1) is 0 Å². The monoisotopic (exact) mass is 264 g/mol. The van der Waals surface area contributed by atoms with Crippen molar-refractivity contribution in [2.75, 3.05) is 7.11 Å². The van der Waals surface area contributed by atoms with Gasteiger partial charge in [0.05, 0.1) is 0 Å². The molecule has 0 amide bonds. The molecule has 0 bridgehead atoms. The standard InChI is InChI=1S/C11H8N2OSe/c1-14-9-4-2-3-7-5-6-8-11(10(7)9)13-15-12-8/h2-6H,1H3. The molecule has 0 aliphatic carbocycles. The van der Waals surface area contributed by atoms with Gasteiger partial charge in [0.1, 0.15) is 0 Å². The zero-order chi connectivity index (χ0) is 10.3. The summed E-state index contributed by atoms with van der Waals surface area (Å²) in [6.45, 7) is 0. The predicted molar refractivity (Wildman–Crippen MR) is 60.5 cm³/mol. The van der Waals surface area contributed by atoms with Crippen molar-refractivity contribution < 1.29 is 4.74 Å². The summed E-state index contributed by atoms with van der Waals surface area (Å²) in [6, 6.07) is 10.1. The molecule has 3 nitrogen and oxygen atoms in total. The van der Waals surface area contributed by atoms with Crippen molar-refractivity contribution >= 4 is 36.8 Å². The quantitative estimate of drug-likeness (QED) is 0.628. The van der Waals surface area contributed by atoms with Crippen LogP contribution in [0.1, 0.15) is 0 Å². The van der Waals surface area contributed by atoms with E-state index in [1.807, 2.05) is 18.2 Å². The van der Waals surface area contributed by atoms with E-state index in [0.29, 0.717) is 0 Å². The molecule has 0 spiro atoms. The number of hydrogen-bond acceptors (Lipinski definition) is 3. The van der Waals surface area contributed by atoms with Crippen LogP contribution in [0.25, 0.3) is 21.8 Å². The van der Waals surface area contributed by atoms with Gasteiger partial charge < -0.3 is 0 Å². The number of hydrogen-bond donors (Lipinski definition) is 0. The third-order valence-corrected chi connectivity index (χ3v) is 3.59. The third-order valence-electron chi connectivity index (χ3n) is 2.45. The molecular formula is C11H8N2OSe. The average Bonchev–Trinajstić information content (AvgIpc) is 2.76. The Morgan fingerprint density at radius 3 is 2.93 bits per heavy atom. The molecule has 0 saturated carbocycles. The fraction of sp³-hybridized carbons (Fsp3) is 0.0909. The second kappa shape index (κ2) is 3.33. The summed E-state index contributed by atoms with van der Waals surface area (Å²) in [5.41, 5.74) is 1.98. The van der Waals surface area contributed by atoms with Gasteiger partial charge in [-0.25, -0.2) is 0 Å². The van der Waals surface area contributed by atoms with Crippen LogP contribution < -0.4 is 4.74 Å². The van der Waals surface area contributed by atoms with Gasteiger partial charge in [0.15, 0.2) is 0 Å². The van der Waals surface area contributed by atoms with Crippen LogP contribution in [0.3, 0.4) is 0 Å². The SMILES string of the molecule is COc1cccc2ccc3n[se]nc3c12. The normalized spacial score (nSPS) is 11.0. The minimum atomic E-state index is 0.0114. The Morgan fingerprint density at radius 2 is 2.07 bits per heavy atom. The summed E-state index contributed by atoms with van der Waals surface area (Å²) in [6.07, 6.45) is 0. The Hall–Kier alpha value is -1.38. The van der Waals surface area contributed by atoms with Crippen LogP contribution in [0.5, 0.6) is 5.75 Å². The molecule has 1 heterocycles. The van der Waals surface area contributed by atoms with Crippen molar-refractivity contribution in [2.45, 2.75) is 0 Å². The van der Waals surface area contributed by atoms with Crippen LogP contribution >= 0.6 is 0 Å². The van der Waals surface area contributed by atoms with Gasteiger partial charge in [-0.15, -0.1) is 0 Å². The number of ether oxygens (including phenoxy) is 1. The van der Waals surface area contributed by atoms with Crippen molar-refractivity contribution in [2.24, 2.45) is 0 Å². The maximum atomic E-state index is 5.36. The van der Waals surface area contributed by atoms with E-state index in [1.165, 1.54) is 0 Å². The summed E-state index contributed by atoms with van der Waals surface area (Å²) in [4.78, 5) is 0. The molecule has 0 unspecified atom stereocenters. The molecule has 3 rings (SSSR count). The molecule has 0 saturated heterocycles. The van der Waals surface area contributed by atoms with Crippen LogP contribution in [0.2, 0.25) is 0 Å². The van der Waals surface area contributed by atoms with Gasteiger partial charge >= 0.3 is 92.7 Å². The fourth-order valence-electron chi connectivity index (χ4n) is 1.76. The number of methoxy groups -OCH3 is 1. The van der Waals surface area contributed by atoms with E-state index in [2.05, 4.69) is 20.1 Å². The summed E-state index contributed by atoms with van der Waals surface area (Å²) in [5.74, 6) is 0.876. The van der Waals surface area contributed by atoms with E-state index in [-0.39, 0.29) is 15.0 Å². The first kappa shape index (κ1) is 8.89. The molecule has 0 N–H and O–H groups in total. The van der Waals surface area contributed by atoms with Gasteiger partial charge in [-0.3, -0.25) is 0 Å². The van der Waals surface area contributed by atoms with Crippen molar-refractivity contribution in [3.8, 4) is 5.75 Å². The van der Waals surface area contributed by atoms with Crippen molar-refractivity contribution in [3.63, 3.8) is 0 Å². The van der Waals surface area contributed by atoms with Gasteiger partial charge in [0.25, 0.3) is 0 Å². The molecule has 3 aromatic rings. The Kier molecular flexibility index (Phi) is 1.97. The van der Waals surface area contributed by atoms with E-state index in [4.69, 9.17) is 4.74 Å². The molecule has 2 aromatic carbocycles.